The molecule has 10 heteroatoms. The van der Waals surface area contributed by atoms with Crippen LogP contribution in [0.15, 0.2) is 206 Å². The Hall–Kier alpha value is -11.0. The molecule has 354 valence electrons. The van der Waals surface area contributed by atoms with Gasteiger partial charge in [-0.3, -0.25) is 0 Å². The van der Waals surface area contributed by atoms with Crippen molar-refractivity contribution in [2.24, 2.45) is 0 Å². The highest BCUT2D eigenvalue weighted by Crippen LogP contribution is 2.47. The van der Waals surface area contributed by atoms with Crippen molar-refractivity contribution in [1.29, 1.82) is 10.5 Å². The van der Waals surface area contributed by atoms with Gasteiger partial charge in [0.1, 0.15) is 0 Å². The number of hydrogen-bond donors (Lipinski definition) is 0. The van der Waals surface area contributed by atoms with E-state index in [1.165, 1.54) is 6.07 Å². The van der Waals surface area contributed by atoms with Crippen LogP contribution in [-0.2, 0) is 6.18 Å². The monoisotopic (exact) mass is 981 g/mol. The maximum atomic E-state index is 16.7. The van der Waals surface area contributed by atoms with Crippen molar-refractivity contribution >= 4 is 60.7 Å². The van der Waals surface area contributed by atoms with Crippen LogP contribution in [-0.4, -0.2) is 9.13 Å². The van der Waals surface area contributed by atoms with E-state index >= 15 is 13.2 Å². The molecule has 76 heavy (non-hydrogen) atoms. The second-order valence-corrected chi connectivity index (χ2v) is 18.3. The molecule has 7 nitrogen and oxygen atoms in total. The minimum Gasteiger partial charge on any atom is -0.309 e. The zero-order valence-electron chi connectivity index (χ0n) is 39.9. The van der Waals surface area contributed by atoms with E-state index in [-0.39, 0.29) is 11.4 Å². The van der Waals surface area contributed by atoms with Gasteiger partial charge in [-0.15, -0.1) is 0 Å². The molecule has 0 N–H and O–H groups in total. The number of aromatic nitrogens is 2. The van der Waals surface area contributed by atoms with Gasteiger partial charge in [0, 0.05) is 27.1 Å². The van der Waals surface area contributed by atoms with Crippen LogP contribution in [0.3, 0.4) is 0 Å². The zero-order chi connectivity index (χ0) is 52.2. The van der Waals surface area contributed by atoms with Crippen LogP contribution in [0.4, 0.5) is 30.2 Å². The summed E-state index contributed by atoms with van der Waals surface area (Å²) < 4.78 is 53.7. The van der Waals surface area contributed by atoms with Gasteiger partial charge >= 0.3 is 6.18 Å². The van der Waals surface area contributed by atoms with Crippen molar-refractivity contribution in [3.63, 3.8) is 0 Å². The molecule has 10 aromatic carbocycles. The predicted molar refractivity (Wildman–Crippen MR) is 296 cm³/mol. The Kier molecular flexibility index (Phi) is 11.1. The standard InChI is InChI=1S/C66H34F3N7/c1-72-51-23-15-44(16-24-51)48-21-28-55-54-27-19-46(42-11-7-40(38-70)8-12-42)32-60(54)75(61(55)33-48)64-37-59(66(67,68)69)65(36-58(64)50-5-4-6-53(31-50)74-3)76-62-34-47(43-13-9-41(39-71)10-14-43)20-29-56(62)57-30-22-49(35-63(57)76)45-17-25-52(73-2)26-18-45/h4-37H. The first-order chi connectivity index (χ1) is 37.0. The maximum absolute atomic E-state index is 16.7. The number of rotatable bonds is 7. The van der Waals surface area contributed by atoms with Crippen LogP contribution in [0.2, 0.25) is 0 Å². The number of benzene rings is 10. The third kappa shape index (κ3) is 7.92. The van der Waals surface area contributed by atoms with Gasteiger partial charge in [0.05, 0.1) is 82.0 Å². The molecule has 0 saturated carbocycles. The molecule has 0 unspecified atom stereocenters. The zero-order valence-corrected chi connectivity index (χ0v) is 39.9. The van der Waals surface area contributed by atoms with E-state index in [1.807, 2.05) is 132 Å². The summed E-state index contributed by atoms with van der Waals surface area (Å²) in [5.41, 5.74) is 10.8. The lowest BCUT2D eigenvalue weighted by Gasteiger charge is -2.22. The summed E-state index contributed by atoms with van der Waals surface area (Å²) in [4.78, 5) is 10.9. The fourth-order valence-corrected chi connectivity index (χ4v) is 10.4. The van der Waals surface area contributed by atoms with Gasteiger partial charge in [-0.25, -0.2) is 14.5 Å². The smallest absolute Gasteiger partial charge is 0.309 e. The van der Waals surface area contributed by atoms with Crippen LogP contribution >= 0.6 is 0 Å². The summed E-state index contributed by atoms with van der Waals surface area (Å²) in [6.45, 7) is 23.1. The van der Waals surface area contributed by atoms with Crippen LogP contribution < -0.4 is 0 Å². The quantitative estimate of drug-likeness (QED) is 0.149. The third-order valence-electron chi connectivity index (χ3n) is 14.1. The highest BCUT2D eigenvalue weighted by Gasteiger charge is 2.37. The Morgan fingerprint density at radius 3 is 1.07 bits per heavy atom. The number of hydrogen-bond acceptors (Lipinski definition) is 2. The summed E-state index contributed by atoms with van der Waals surface area (Å²) >= 11 is 0. The first-order valence-corrected chi connectivity index (χ1v) is 23.9. The van der Waals surface area contributed by atoms with Gasteiger partial charge < -0.3 is 9.13 Å². The third-order valence-corrected chi connectivity index (χ3v) is 14.1. The van der Waals surface area contributed by atoms with Crippen LogP contribution in [0.1, 0.15) is 16.7 Å². The molecule has 0 radical (unpaired) electrons. The Balaban J connectivity index is 1.21. The van der Waals surface area contributed by atoms with Crippen molar-refractivity contribution in [2.75, 3.05) is 0 Å². The molecular formula is C66H34F3N7. The molecule has 12 rings (SSSR count). The minimum absolute atomic E-state index is 0.142. The van der Waals surface area contributed by atoms with Crippen LogP contribution in [0, 0.1) is 42.4 Å². The van der Waals surface area contributed by atoms with E-state index in [9.17, 15) is 10.5 Å². The average molecular weight is 982 g/mol. The molecule has 0 spiro atoms. The maximum Gasteiger partial charge on any atom is 0.418 e. The van der Waals surface area contributed by atoms with E-state index in [0.717, 1.165) is 55.3 Å². The Morgan fingerprint density at radius 1 is 0.355 bits per heavy atom. The molecular weight excluding hydrogens is 948 g/mol. The summed E-state index contributed by atoms with van der Waals surface area (Å²) in [5.74, 6) is 0. The molecule has 0 atom stereocenters. The number of alkyl halides is 3. The Morgan fingerprint density at radius 2 is 0.711 bits per heavy atom. The SMILES string of the molecule is [C-]#[N+]c1ccc(-c2ccc3c4ccc(-c5ccc(C#N)cc5)cc4n(-c4cc(C(F)(F)F)c(-n5c6cc(-c7ccc(C#N)cc7)ccc6c6ccc(-c7ccc([N+]#[C-])cc7)cc65)cc4-c4cccc([N+]#[C-])c4)c3c2)cc1. The second kappa shape index (κ2) is 18.3. The van der Waals surface area contributed by atoms with Gasteiger partial charge in [-0.2, -0.15) is 23.7 Å². The van der Waals surface area contributed by atoms with Crippen molar-refractivity contribution in [3.8, 4) is 79.1 Å². The number of halogens is 3. The number of fused-ring (bicyclic) bond motifs is 6. The van der Waals surface area contributed by atoms with E-state index in [0.29, 0.717) is 72.2 Å². The van der Waals surface area contributed by atoms with Crippen molar-refractivity contribution < 1.29 is 13.2 Å². The van der Waals surface area contributed by atoms with E-state index in [1.54, 1.807) is 77.4 Å². The summed E-state index contributed by atoms with van der Waals surface area (Å²) in [6.07, 6.45) is -4.93. The molecule has 0 fully saturated rings. The minimum atomic E-state index is -4.93. The van der Waals surface area contributed by atoms with Crippen LogP contribution in [0.25, 0.3) is 125 Å². The first-order valence-electron chi connectivity index (χ1n) is 23.9. The largest absolute Gasteiger partial charge is 0.418 e. The fraction of sp³-hybridized carbons (Fsp3) is 0.0152. The molecule has 0 amide bonds. The molecule has 0 aliphatic rings. The van der Waals surface area contributed by atoms with Crippen molar-refractivity contribution in [2.45, 2.75) is 6.18 Å². The normalized spacial score (nSPS) is 11.3. The summed E-state index contributed by atoms with van der Waals surface area (Å²) in [6, 6.07) is 65.9. The average Bonchev–Trinajstić information content (AvgIpc) is 3.98. The highest BCUT2D eigenvalue weighted by molar-refractivity contribution is 6.13. The van der Waals surface area contributed by atoms with Gasteiger partial charge in [-0.05, 0) is 117 Å². The van der Waals surface area contributed by atoms with Gasteiger partial charge in [0.15, 0.2) is 17.1 Å². The first kappa shape index (κ1) is 46.1. The molecule has 0 bridgehead atoms. The van der Waals surface area contributed by atoms with Crippen molar-refractivity contribution in [3.05, 3.63) is 257 Å². The van der Waals surface area contributed by atoms with E-state index in [2.05, 4.69) is 26.7 Å². The topological polar surface area (TPSA) is 70.5 Å². The molecule has 0 saturated heterocycles. The number of nitriles is 2. The van der Waals surface area contributed by atoms with Gasteiger partial charge in [-0.1, -0.05) is 140 Å². The van der Waals surface area contributed by atoms with Crippen LogP contribution in [0.5, 0.6) is 0 Å². The van der Waals surface area contributed by atoms with Gasteiger partial charge in [0.2, 0.25) is 0 Å². The Bertz CT molecular complexity index is 4360. The van der Waals surface area contributed by atoms with E-state index in [4.69, 9.17) is 19.7 Å². The number of nitrogens with zero attached hydrogens (tertiary/aromatic N) is 7. The molecule has 2 aromatic heterocycles. The fourth-order valence-electron chi connectivity index (χ4n) is 10.4. The molecule has 12 aromatic rings. The summed E-state index contributed by atoms with van der Waals surface area (Å²) in [7, 11) is 0. The molecule has 0 aliphatic carbocycles. The van der Waals surface area contributed by atoms with E-state index < -0.39 is 11.7 Å². The predicted octanol–water partition coefficient (Wildman–Crippen LogP) is 18.6. The highest BCUT2D eigenvalue weighted by atomic mass is 19.4. The molecule has 2 heterocycles. The molecule has 0 aliphatic heterocycles. The lowest BCUT2D eigenvalue weighted by molar-refractivity contribution is -0.137. The lowest BCUT2D eigenvalue weighted by Crippen LogP contribution is -2.13. The lowest BCUT2D eigenvalue weighted by atomic mass is 9.97. The van der Waals surface area contributed by atoms with Crippen molar-refractivity contribution in [1.82, 2.24) is 9.13 Å². The summed E-state index contributed by atoms with van der Waals surface area (Å²) in [5, 5.41) is 22.2. The second-order valence-electron chi connectivity index (χ2n) is 18.3. The van der Waals surface area contributed by atoms with Gasteiger partial charge in [0.25, 0.3) is 0 Å². The Labute approximate surface area is 434 Å².